The van der Waals surface area contributed by atoms with Gasteiger partial charge in [0.25, 0.3) is 0 Å². The van der Waals surface area contributed by atoms with Gasteiger partial charge < -0.3 is 10.6 Å². The second kappa shape index (κ2) is 13.9. The third-order valence-electron chi connectivity index (χ3n) is 11.0. The van der Waals surface area contributed by atoms with Crippen molar-refractivity contribution in [1.82, 2.24) is 0 Å². The number of nitrogens with zero attached hydrogens (tertiary/aromatic N) is 1. The van der Waals surface area contributed by atoms with Gasteiger partial charge in [0.05, 0.1) is 6.04 Å². The number of aryl methyl sites for hydroxylation is 1. The molecule has 2 heteroatoms. The van der Waals surface area contributed by atoms with Crippen LogP contribution in [0.25, 0.3) is 39.5 Å². The molecule has 0 radical (unpaired) electrons. The molecule has 10 rings (SSSR count). The molecule has 0 bridgehead atoms. The molecule has 0 aromatic heterocycles. The predicted molar refractivity (Wildman–Crippen MR) is 220 cm³/mol. The lowest BCUT2D eigenvalue weighted by molar-refractivity contribution is 0.653. The van der Waals surface area contributed by atoms with Crippen molar-refractivity contribution in [3.63, 3.8) is 0 Å². The Labute approximate surface area is 307 Å². The summed E-state index contributed by atoms with van der Waals surface area (Å²) in [6.45, 7) is 0. The van der Waals surface area contributed by atoms with Gasteiger partial charge in [0, 0.05) is 34.8 Å². The molecule has 0 fully saturated rings. The van der Waals surface area contributed by atoms with Crippen LogP contribution >= 0.6 is 0 Å². The van der Waals surface area contributed by atoms with Crippen molar-refractivity contribution in [3.8, 4) is 33.4 Å². The molecule has 0 amide bonds. The van der Waals surface area contributed by atoms with E-state index in [4.69, 9.17) is 5.73 Å². The number of allylic oxidation sites excluding steroid dienone is 10. The Kier molecular flexibility index (Phi) is 8.50. The number of benzene rings is 5. The van der Waals surface area contributed by atoms with E-state index >= 15 is 0 Å². The van der Waals surface area contributed by atoms with Crippen molar-refractivity contribution in [3.05, 3.63) is 211 Å². The lowest BCUT2D eigenvalue weighted by atomic mass is 9.84. The predicted octanol–water partition coefficient (Wildman–Crippen LogP) is 12.1. The Morgan fingerprint density at radius 3 is 2.06 bits per heavy atom. The molecule has 2 nitrogen and oxygen atoms in total. The molecule has 0 saturated heterocycles. The van der Waals surface area contributed by atoms with Gasteiger partial charge in [0.1, 0.15) is 0 Å². The van der Waals surface area contributed by atoms with Gasteiger partial charge in [0.15, 0.2) is 0 Å². The summed E-state index contributed by atoms with van der Waals surface area (Å²) in [5.41, 5.74) is 20.9. The van der Waals surface area contributed by atoms with Crippen LogP contribution in [0.5, 0.6) is 0 Å². The smallest absolute Gasteiger partial charge is 0.0629 e. The first-order valence-corrected chi connectivity index (χ1v) is 18.5. The van der Waals surface area contributed by atoms with E-state index in [1.165, 1.54) is 61.4 Å². The van der Waals surface area contributed by atoms with Crippen LogP contribution < -0.4 is 10.6 Å². The van der Waals surface area contributed by atoms with E-state index in [1.54, 1.807) is 0 Å². The van der Waals surface area contributed by atoms with Crippen molar-refractivity contribution in [1.29, 1.82) is 0 Å². The van der Waals surface area contributed by atoms with Crippen molar-refractivity contribution in [2.24, 2.45) is 17.6 Å². The van der Waals surface area contributed by atoms with Crippen LogP contribution in [0.1, 0.15) is 29.0 Å². The second-order valence-electron chi connectivity index (χ2n) is 14.2. The van der Waals surface area contributed by atoms with Gasteiger partial charge in [-0.15, -0.1) is 0 Å². The van der Waals surface area contributed by atoms with Gasteiger partial charge in [-0.25, -0.2) is 0 Å². The quantitative estimate of drug-likeness (QED) is 0.206. The largest absolute Gasteiger partial charge is 0.399 e. The Morgan fingerprint density at radius 2 is 1.25 bits per heavy atom. The van der Waals surface area contributed by atoms with E-state index in [0.29, 0.717) is 17.8 Å². The maximum absolute atomic E-state index is 5.66. The van der Waals surface area contributed by atoms with Crippen LogP contribution in [0.2, 0.25) is 0 Å². The summed E-state index contributed by atoms with van der Waals surface area (Å²) in [6, 6.07) is 42.8. The molecule has 0 spiro atoms. The molecular weight excluding hydrogens is 629 g/mol. The molecule has 5 aliphatic rings. The summed E-state index contributed by atoms with van der Waals surface area (Å²) in [5.74, 6) is 1.36. The average molecular weight is 671 g/mol. The van der Waals surface area contributed by atoms with Crippen molar-refractivity contribution >= 4 is 17.5 Å². The molecule has 1 aliphatic heterocycles. The molecule has 0 saturated carbocycles. The maximum atomic E-state index is 5.66. The minimum absolute atomic E-state index is 0.274. The lowest BCUT2D eigenvalue weighted by Gasteiger charge is -2.28. The SMILES string of the molecule is C1=CC2c3c(-c4ccccc4)cccc3N(c3ccc(-c4ccc(-c5ccc6c(c5)C=CCC6)cc4)cc3)C2C=C1.NC1=CC2C=CC=CC2C=C1. The minimum Gasteiger partial charge on any atom is -0.399 e. The van der Waals surface area contributed by atoms with Crippen molar-refractivity contribution in [2.75, 3.05) is 4.90 Å². The van der Waals surface area contributed by atoms with Crippen molar-refractivity contribution < 1.29 is 0 Å². The van der Waals surface area contributed by atoms with Gasteiger partial charge >= 0.3 is 0 Å². The third-order valence-corrected chi connectivity index (χ3v) is 11.0. The highest BCUT2D eigenvalue weighted by Gasteiger charge is 2.39. The zero-order valence-corrected chi connectivity index (χ0v) is 29.2. The maximum Gasteiger partial charge on any atom is 0.0629 e. The summed E-state index contributed by atoms with van der Waals surface area (Å²) in [7, 11) is 0. The van der Waals surface area contributed by atoms with Crippen molar-refractivity contribution in [2.45, 2.75) is 24.8 Å². The summed E-state index contributed by atoms with van der Waals surface area (Å²) in [5, 5.41) is 0. The Bertz CT molecular complexity index is 2310. The highest BCUT2D eigenvalue weighted by atomic mass is 15.2. The number of anilines is 2. The Balaban J connectivity index is 0.000000279. The highest BCUT2D eigenvalue weighted by molar-refractivity contribution is 5.85. The Hall–Kier alpha value is -6.12. The van der Waals surface area contributed by atoms with E-state index in [1.807, 2.05) is 6.08 Å². The topological polar surface area (TPSA) is 29.3 Å². The zero-order valence-electron chi connectivity index (χ0n) is 29.2. The molecule has 5 aromatic rings. The molecule has 1 heterocycles. The van der Waals surface area contributed by atoms with Gasteiger partial charge in [-0.05, 0) is 93.3 Å². The average Bonchev–Trinajstić information content (AvgIpc) is 3.56. The first-order valence-electron chi connectivity index (χ1n) is 18.5. The second-order valence-corrected chi connectivity index (χ2v) is 14.2. The molecule has 5 aromatic carbocycles. The van der Waals surface area contributed by atoms with Crippen LogP contribution in [0, 0.1) is 11.8 Å². The molecule has 4 atom stereocenters. The van der Waals surface area contributed by atoms with E-state index < -0.39 is 0 Å². The monoisotopic (exact) mass is 670 g/mol. The fraction of sp³-hybridized carbons (Fsp3) is 0.120. The first kappa shape index (κ1) is 31.8. The molecule has 252 valence electrons. The molecule has 52 heavy (non-hydrogen) atoms. The lowest BCUT2D eigenvalue weighted by Crippen LogP contribution is -2.28. The normalized spacial score (nSPS) is 21.4. The summed E-state index contributed by atoms with van der Waals surface area (Å²) < 4.78 is 0. The van der Waals surface area contributed by atoms with E-state index in [-0.39, 0.29) is 6.04 Å². The first-order chi connectivity index (χ1) is 25.7. The van der Waals surface area contributed by atoms with Crippen LogP contribution in [-0.2, 0) is 6.42 Å². The summed E-state index contributed by atoms with van der Waals surface area (Å²) in [4.78, 5) is 2.52. The number of rotatable bonds is 4. The van der Waals surface area contributed by atoms with Gasteiger partial charge in [-0.3, -0.25) is 0 Å². The number of hydrogen-bond donors (Lipinski definition) is 1. The summed E-state index contributed by atoms with van der Waals surface area (Å²) >= 11 is 0. The van der Waals surface area contributed by atoms with Crippen LogP contribution in [0.4, 0.5) is 11.4 Å². The van der Waals surface area contributed by atoms with E-state index in [2.05, 4.69) is 193 Å². The van der Waals surface area contributed by atoms with E-state index in [0.717, 1.165) is 18.5 Å². The van der Waals surface area contributed by atoms with Crippen LogP contribution in [0.3, 0.4) is 0 Å². The zero-order chi connectivity index (χ0) is 34.9. The third kappa shape index (κ3) is 6.11. The molecular formula is C50H42N2. The van der Waals surface area contributed by atoms with Crippen LogP contribution in [-0.4, -0.2) is 6.04 Å². The summed E-state index contributed by atoms with van der Waals surface area (Å²) in [6.07, 6.45) is 30.7. The highest BCUT2D eigenvalue weighted by Crippen LogP contribution is 2.51. The number of nitrogens with two attached hydrogens (primary N) is 1. The fourth-order valence-electron chi connectivity index (χ4n) is 8.34. The Morgan fingerprint density at radius 1 is 0.558 bits per heavy atom. The standard InChI is InChI=1S/C40H31N.C10H11N/c1-2-10-32(11-3-1)36-14-8-16-39-40(36)37-13-6-7-15-38(37)41(39)35-25-23-30(24-26-35)29-17-19-31(20-18-29)34-22-21-28-9-4-5-12-33(28)27-34;11-10-6-5-8-3-1-2-4-9(8)7-10/h1-3,5-8,10-27,37-38H,4,9H2;1-9H,11H2. The van der Waals surface area contributed by atoms with Crippen LogP contribution in [0.15, 0.2) is 194 Å². The molecule has 4 unspecified atom stereocenters. The minimum atomic E-state index is 0.274. The van der Waals surface area contributed by atoms with Gasteiger partial charge in [0.2, 0.25) is 0 Å². The number of hydrogen-bond acceptors (Lipinski definition) is 2. The molecule has 2 N–H and O–H groups in total. The van der Waals surface area contributed by atoms with Gasteiger partial charge in [-0.1, -0.05) is 164 Å². The fourth-order valence-corrected chi connectivity index (χ4v) is 8.34. The van der Waals surface area contributed by atoms with E-state index in [9.17, 15) is 0 Å². The molecule has 4 aliphatic carbocycles. The van der Waals surface area contributed by atoms with Gasteiger partial charge in [-0.2, -0.15) is 0 Å². The number of fused-ring (bicyclic) bond motifs is 5.